The first-order valence-electron chi connectivity index (χ1n) is 5.20. The molecule has 0 spiro atoms. The zero-order chi connectivity index (χ0) is 12.1. The molecule has 90 valence electrons. The Morgan fingerprint density at radius 2 is 2.29 bits per heavy atom. The number of nitrogens with zero attached hydrogens (tertiary/aromatic N) is 1. The van der Waals surface area contributed by atoms with E-state index in [4.69, 9.17) is 16.3 Å². The van der Waals surface area contributed by atoms with Crippen LogP contribution in [0.3, 0.4) is 0 Å². The first-order chi connectivity index (χ1) is 8.31. The standard InChI is InChI=1S/C12H13ClN2OS/c1-16-12-4-2-3-11(13)10(12)7-14-5-9-6-15-8-17-9/h2-4,6,8,14H,5,7H2,1H3. The summed E-state index contributed by atoms with van der Waals surface area (Å²) in [5.41, 5.74) is 2.81. The van der Waals surface area contributed by atoms with E-state index in [1.165, 1.54) is 4.88 Å². The fourth-order valence-corrected chi connectivity index (χ4v) is 2.34. The topological polar surface area (TPSA) is 34.1 Å². The summed E-state index contributed by atoms with van der Waals surface area (Å²) >= 11 is 7.77. The van der Waals surface area contributed by atoms with Crippen LogP contribution >= 0.6 is 22.9 Å². The van der Waals surface area contributed by atoms with Crippen LogP contribution in [-0.4, -0.2) is 12.1 Å². The fourth-order valence-electron chi connectivity index (χ4n) is 1.54. The van der Waals surface area contributed by atoms with Crippen LogP contribution in [0, 0.1) is 0 Å². The van der Waals surface area contributed by atoms with Crippen molar-refractivity contribution in [2.75, 3.05) is 7.11 Å². The monoisotopic (exact) mass is 268 g/mol. The quantitative estimate of drug-likeness (QED) is 0.905. The summed E-state index contributed by atoms with van der Waals surface area (Å²) in [6, 6.07) is 5.66. The highest BCUT2D eigenvalue weighted by Crippen LogP contribution is 2.25. The first kappa shape index (κ1) is 12.4. The summed E-state index contributed by atoms with van der Waals surface area (Å²) in [6.07, 6.45) is 1.86. The third-order valence-corrected chi connectivity index (χ3v) is 3.51. The number of ether oxygens (including phenoxy) is 1. The number of thiazole rings is 1. The molecule has 0 aliphatic rings. The molecule has 0 radical (unpaired) electrons. The van der Waals surface area contributed by atoms with Crippen LogP contribution in [0.5, 0.6) is 5.75 Å². The average Bonchev–Trinajstić information content (AvgIpc) is 2.84. The highest BCUT2D eigenvalue weighted by atomic mass is 35.5. The van der Waals surface area contributed by atoms with Gasteiger partial charge in [0.1, 0.15) is 5.75 Å². The molecule has 1 N–H and O–H groups in total. The number of hydrogen-bond donors (Lipinski definition) is 1. The van der Waals surface area contributed by atoms with E-state index in [1.54, 1.807) is 18.4 Å². The minimum Gasteiger partial charge on any atom is -0.496 e. The van der Waals surface area contributed by atoms with Gasteiger partial charge in [0.25, 0.3) is 0 Å². The summed E-state index contributed by atoms with van der Waals surface area (Å²) < 4.78 is 5.28. The third kappa shape index (κ3) is 3.19. The maximum atomic E-state index is 6.14. The number of halogens is 1. The summed E-state index contributed by atoms with van der Waals surface area (Å²) in [5, 5.41) is 4.05. The number of rotatable bonds is 5. The molecule has 0 atom stereocenters. The van der Waals surface area contributed by atoms with E-state index < -0.39 is 0 Å². The number of aromatic nitrogens is 1. The van der Waals surface area contributed by atoms with Crippen molar-refractivity contribution in [2.24, 2.45) is 0 Å². The molecule has 1 aromatic heterocycles. The van der Waals surface area contributed by atoms with E-state index in [0.29, 0.717) is 6.54 Å². The smallest absolute Gasteiger partial charge is 0.124 e. The first-order valence-corrected chi connectivity index (χ1v) is 6.46. The molecule has 0 aliphatic carbocycles. The Kier molecular flexibility index (Phi) is 4.36. The van der Waals surface area contributed by atoms with Crippen molar-refractivity contribution in [3.8, 4) is 5.75 Å². The van der Waals surface area contributed by atoms with Gasteiger partial charge >= 0.3 is 0 Å². The maximum absolute atomic E-state index is 6.14. The average molecular weight is 269 g/mol. The van der Waals surface area contributed by atoms with Crippen molar-refractivity contribution in [3.63, 3.8) is 0 Å². The van der Waals surface area contributed by atoms with Gasteiger partial charge in [0.2, 0.25) is 0 Å². The van der Waals surface area contributed by atoms with Gasteiger partial charge in [-0.2, -0.15) is 0 Å². The van der Waals surface area contributed by atoms with E-state index in [9.17, 15) is 0 Å². The van der Waals surface area contributed by atoms with Crippen LogP contribution in [-0.2, 0) is 13.1 Å². The number of methoxy groups -OCH3 is 1. The number of hydrogen-bond acceptors (Lipinski definition) is 4. The molecular formula is C12H13ClN2OS. The lowest BCUT2D eigenvalue weighted by molar-refractivity contribution is 0.408. The van der Waals surface area contributed by atoms with E-state index in [0.717, 1.165) is 22.9 Å². The second-order valence-corrected chi connectivity index (χ2v) is 4.87. The molecule has 0 fully saturated rings. The van der Waals surface area contributed by atoms with Gasteiger partial charge in [0, 0.05) is 34.7 Å². The third-order valence-electron chi connectivity index (χ3n) is 2.38. The lowest BCUT2D eigenvalue weighted by Crippen LogP contribution is -2.13. The minimum absolute atomic E-state index is 0.681. The molecule has 5 heteroatoms. The molecule has 2 aromatic rings. The van der Waals surface area contributed by atoms with Gasteiger partial charge < -0.3 is 10.1 Å². The zero-order valence-corrected chi connectivity index (χ0v) is 11.0. The predicted octanol–water partition coefficient (Wildman–Crippen LogP) is 3.09. The van der Waals surface area contributed by atoms with E-state index in [2.05, 4.69) is 10.3 Å². The van der Waals surface area contributed by atoms with Crippen LogP contribution in [0.15, 0.2) is 29.9 Å². The highest BCUT2D eigenvalue weighted by Gasteiger charge is 2.06. The fraction of sp³-hybridized carbons (Fsp3) is 0.250. The molecule has 3 nitrogen and oxygen atoms in total. The molecule has 0 saturated heterocycles. The maximum Gasteiger partial charge on any atom is 0.124 e. The molecule has 2 rings (SSSR count). The molecule has 1 aromatic carbocycles. The Balaban J connectivity index is 1.98. The van der Waals surface area contributed by atoms with Gasteiger partial charge in [-0.15, -0.1) is 11.3 Å². The van der Waals surface area contributed by atoms with Crippen LogP contribution < -0.4 is 10.1 Å². The Morgan fingerprint density at radius 3 is 3.00 bits per heavy atom. The predicted molar refractivity (Wildman–Crippen MR) is 70.7 cm³/mol. The van der Waals surface area contributed by atoms with Crippen molar-refractivity contribution in [1.82, 2.24) is 10.3 Å². The Hall–Kier alpha value is -1.10. The lowest BCUT2D eigenvalue weighted by Gasteiger charge is -2.10. The second-order valence-electron chi connectivity index (χ2n) is 3.49. The summed E-state index contributed by atoms with van der Waals surface area (Å²) in [5.74, 6) is 0.814. The zero-order valence-electron chi connectivity index (χ0n) is 9.44. The highest BCUT2D eigenvalue weighted by molar-refractivity contribution is 7.09. The van der Waals surface area contributed by atoms with Crippen molar-refractivity contribution < 1.29 is 4.74 Å². The van der Waals surface area contributed by atoms with E-state index in [1.807, 2.05) is 29.9 Å². The van der Waals surface area contributed by atoms with Crippen LogP contribution in [0.1, 0.15) is 10.4 Å². The van der Waals surface area contributed by atoms with Gasteiger partial charge in [-0.05, 0) is 12.1 Å². The normalized spacial score (nSPS) is 10.5. The van der Waals surface area contributed by atoms with E-state index >= 15 is 0 Å². The van der Waals surface area contributed by atoms with Gasteiger partial charge in [0.05, 0.1) is 12.6 Å². The SMILES string of the molecule is COc1cccc(Cl)c1CNCc1cncs1. The summed E-state index contributed by atoms with van der Waals surface area (Å²) in [6.45, 7) is 1.47. The summed E-state index contributed by atoms with van der Waals surface area (Å²) in [4.78, 5) is 5.23. The molecule has 1 heterocycles. The van der Waals surface area contributed by atoms with Crippen molar-refractivity contribution in [2.45, 2.75) is 13.1 Å². The summed E-state index contributed by atoms with van der Waals surface area (Å²) in [7, 11) is 1.65. The van der Waals surface area contributed by atoms with Crippen LogP contribution in [0.25, 0.3) is 0 Å². The molecule has 0 aliphatic heterocycles. The van der Waals surface area contributed by atoms with Gasteiger partial charge in [-0.1, -0.05) is 17.7 Å². The van der Waals surface area contributed by atoms with Crippen molar-refractivity contribution in [1.29, 1.82) is 0 Å². The van der Waals surface area contributed by atoms with Crippen molar-refractivity contribution in [3.05, 3.63) is 45.4 Å². The van der Waals surface area contributed by atoms with Crippen LogP contribution in [0.2, 0.25) is 5.02 Å². The molecule has 0 saturated carbocycles. The molecular weight excluding hydrogens is 256 g/mol. The molecule has 0 unspecified atom stereocenters. The minimum atomic E-state index is 0.681. The Labute approximate surface area is 109 Å². The Morgan fingerprint density at radius 1 is 1.41 bits per heavy atom. The van der Waals surface area contributed by atoms with Crippen LogP contribution in [0.4, 0.5) is 0 Å². The number of benzene rings is 1. The number of nitrogens with one attached hydrogen (secondary N) is 1. The van der Waals surface area contributed by atoms with Gasteiger partial charge in [-0.3, -0.25) is 4.98 Å². The second kappa shape index (κ2) is 6.00. The molecule has 17 heavy (non-hydrogen) atoms. The largest absolute Gasteiger partial charge is 0.496 e. The molecule has 0 bridgehead atoms. The van der Waals surface area contributed by atoms with Crippen molar-refractivity contribution >= 4 is 22.9 Å². The lowest BCUT2D eigenvalue weighted by atomic mass is 10.2. The molecule has 0 amide bonds. The van der Waals surface area contributed by atoms with E-state index in [-0.39, 0.29) is 0 Å². The van der Waals surface area contributed by atoms with Gasteiger partial charge in [0.15, 0.2) is 0 Å². The Bertz CT molecular complexity index is 473. The van der Waals surface area contributed by atoms with Gasteiger partial charge in [-0.25, -0.2) is 0 Å².